The zero-order chi connectivity index (χ0) is 8.93. The minimum absolute atomic E-state index is 1.01. The van der Waals surface area contributed by atoms with Gasteiger partial charge in [0.25, 0.3) is 0 Å². The predicted octanol–water partition coefficient (Wildman–Crippen LogP) is 2.93. The van der Waals surface area contributed by atoms with Gasteiger partial charge < -0.3 is 0 Å². The highest BCUT2D eigenvalue weighted by Crippen LogP contribution is 2.07. The van der Waals surface area contributed by atoms with E-state index in [9.17, 15) is 0 Å². The van der Waals surface area contributed by atoms with E-state index in [1.54, 1.807) is 0 Å². The highest BCUT2D eigenvalue weighted by molar-refractivity contribution is 5.99. The Morgan fingerprint density at radius 3 is 2.62 bits per heavy atom. The lowest BCUT2D eigenvalue weighted by Gasteiger charge is -1.91. The Hall–Kier alpha value is -1.37. The molecule has 0 unspecified atom stereocenters. The van der Waals surface area contributed by atoms with Crippen molar-refractivity contribution >= 4 is 11.8 Å². The Kier molecular flexibility index (Phi) is 2.56. The summed E-state index contributed by atoms with van der Waals surface area (Å²) in [6, 6.07) is 10.3. The van der Waals surface area contributed by atoms with Crippen LogP contribution >= 0.6 is 0 Å². The molecule has 1 aromatic rings. The molecular formula is C12H13N. The summed E-state index contributed by atoms with van der Waals surface area (Å²) in [5, 5.41) is 0. The Morgan fingerprint density at radius 1 is 1.08 bits per heavy atom. The molecule has 2 rings (SSSR count). The van der Waals surface area contributed by atoms with E-state index >= 15 is 0 Å². The molecule has 1 heterocycles. The first-order valence-corrected chi connectivity index (χ1v) is 4.71. The van der Waals surface area contributed by atoms with Crippen molar-refractivity contribution < 1.29 is 0 Å². The summed E-state index contributed by atoms with van der Waals surface area (Å²) < 4.78 is 0. The van der Waals surface area contributed by atoms with Crippen molar-refractivity contribution in [2.24, 2.45) is 4.99 Å². The minimum atomic E-state index is 1.01. The highest BCUT2D eigenvalue weighted by atomic mass is 14.8. The third-order valence-electron chi connectivity index (χ3n) is 2.17. The first kappa shape index (κ1) is 8.24. The predicted molar refractivity (Wildman–Crippen MR) is 57.0 cm³/mol. The lowest BCUT2D eigenvalue weighted by molar-refractivity contribution is 0.951. The van der Waals surface area contributed by atoms with E-state index in [4.69, 9.17) is 0 Å². The zero-order valence-electron chi connectivity index (χ0n) is 7.61. The number of rotatable bonds is 2. The maximum Gasteiger partial charge on any atom is 0.0396 e. The molecule has 0 N–H and O–H groups in total. The van der Waals surface area contributed by atoms with Crippen molar-refractivity contribution in [3.05, 3.63) is 42.0 Å². The topological polar surface area (TPSA) is 12.4 Å². The van der Waals surface area contributed by atoms with Crippen molar-refractivity contribution in [3.8, 4) is 0 Å². The molecule has 13 heavy (non-hydrogen) atoms. The first-order chi connectivity index (χ1) is 6.45. The molecule has 0 aliphatic carbocycles. The van der Waals surface area contributed by atoms with E-state index in [2.05, 4.69) is 41.4 Å². The van der Waals surface area contributed by atoms with E-state index in [0.29, 0.717) is 0 Å². The third kappa shape index (κ3) is 2.28. The lowest BCUT2D eigenvalue weighted by atomic mass is 10.1. The van der Waals surface area contributed by atoms with Gasteiger partial charge in [-0.2, -0.15) is 0 Å². The second kappa shape index (κ2) is 4.04. The molecule has 0 saturated heterocycles. The van der Waals surface area contributed by atoms with Gasteiger partial charge in [0.05, 0.1) is 0 Å². The molecule has 0 bridgehead atoms. The van der Waals surface area contributed by atoms with Crippen LogP contribution in [-0.2, 0) is 0 Å². The van der Waals surface area contributed by atoms with Crippen LogP contribution in [0.1, 0.15) is 18.4 Å². The van der Waals surface area contributed by atoms with Crippen LogP contribution in [0.3, 0.4) is 0 Å². The van der Waals surface area contributed by atoms with Gasteiger partial charge in [0.1, 0.15) is 0 Å². The summed E-state index contributed by atoms with van der Waals surface area (Å²) in [5.74, 6) is 0. The maximum atomic E-state index is 4.38. The summed E-state index contributed by atoms with van der Waals surface area (Å²) in [5.41, 5.74) is 2.49. The molecule has 66 valence electrons. The maximum absolute atomic E-state index is 4.38. The van der Waals surface area contributed by atoms with Gasteiger partial charge >= 0.3 is 0 Å². The van der Waals surface area contributed by atoms with Gasteiger partial charge in [-0.05, 0) is 24.5 Å². The quantitative estimate of drug-likeness (QED) is 0.648. The molecule has 0 atom stereocenters. The second-order valence-corrected chi connectivity index (χ2v) is 3.22. The summed E-state index contributed by atoms with van der Waals surface area (Å²) in [7, 11) is 0. The average Bonchev–Trinajstić information content (AvgIpc) is 2.69. The monoisotopic (exact) mass is 171 g/mol. The van der Waals surface area contributed by atoms with Crippen LogP contribution < -0.4 is 0 Å². The van der Waals surface area contributed by atoms with Crippen LogP contribution in [0, 0.1) is 0 Å². The average molecular weight is 171 g/mol. The SMILES string of the molecule is C(=C\c1ccccc1)/C1=NCCC1. The van der Waals surface area contributed by atoms with Crippen LogP contribution in [0.2, 0.25) is 0 Å². The molecule has 0 fully saturated rings. The number of hydrogen-bond donors (Lipinski definition) is 0. The lowest BCUT2D eigenvalue weighted by Crippen LogP contribution is -1.84. The van der Waals surface area contributed by atoms with E-state index in [1.165, 1.54) is 17.7 Å². The van der Waals surface area contributed by atoms with Gasteiger partial charge in [0, 0.05) is 12.3 Å². The van der Waals surface area contributed by atoms with Crippen molar-refractivity contribution in [2.45, 2.75) is 12.8 Å². The highest BCUT2D eigenvalue weighted by Gasteiger charge is 2.00. The third-order valence-corrected chi connectivity index (χ3v) is 2.17. The molecule has 0 aromatic heterocycles. The smallest absolute Gasteiger partial charge is 0.0396 e. The van der Waals surface area contributed by atoms with Crippen LogP contribution in [0.25, 0.3) is 6.08 Å². The standard InChI is InChI=1S/C12H13N/c1-2-5-11(6-3-1)8-9-12-7-4-10-13-12/h1-3,5-6,8-9H,4,7,10H2/b9-8+. The molecule has 0 spiro atoms. The zero-order valence-corrected chi connectivity index (χ0v) is 7.61. The first-order valence-electron chi connectivity index (χ1n) is 4.71. The van der Waals surface area contributed by atoms with Gasteiger partial charge in [-0.1, -0.05) is 36.4 Å². The van der Waals surface area contributed by atoms with Crippen molar-refractivity contribution in [1.82, 2.24) is 0 Å². The van der Waals surface area contributed by atoms with Crippen LogP contribution in [0.15, 0.2) is 41.4 Å². The summed E-state index contributed by atoms with van der Waals surface area (Å²) in [6.07, 6.45) is 6.62. The summed E-state index contributed by atoms with van der Waals surface area (Å²) in [6.45, 7) is 1.01. The van der Waals surface area contributed by atoms with Crippen LogP contribution in [0.5, 0.6) is 0 Å². The van der Waals surface area contributed by atoms with Gasteiger partial charge in [0.15, 0.2) is 0 Å². The van der Waals surface area contributed by atoms with Crippen molar-refractivity contribution in [3.63, 3.8) is 0 Å². The van der Waals surface area contributed by atoms with Gasteiger partial charge in [-0.3, -0.25) is 4.99 Å². The van der Waals surface area contributed by atoms with Crippen molar-refractivity contribution in [2.75, 3.05) is 6.54 Å². The van der Waals surface area contributed by atoms with E-state index in [1.807, 2.05) is 6.07 Å². The van der Waals surface area contributed by atoms with Crippen LogP contribution in [-0.4, -0.2) is 12.3 Å². The van der Waals surface area contributed by atoms with Crippen molar-refractivity contribution in [1.29, 1.82) is 0 Å². The Morgan fingerprint density at radius 2 is 1.92 bits per heavy atom. The fourth-order valence-corrected chi connectivity index (χ4v) is 1.45. The summed E-state index contributed by atoms with van der Waals surface area (Å²) in [4.78, 5) is 4.38. The number of benzene rings is 1. The van der Waals surface area contributed by atoms with Gasteiger partial charge in [-0.15, -0.1) is 0 Å². The number of aliphatic imine (C=N–C) groups is 1. The van der Waals surface area contributed by atoms with Gasteiger partial charge in [-0.25, -0.2) is 0 Å². The molecule has 1 aromatic carbocycles. The van der Waals surface area contributed by atoms with Gasteiger partial charge in [0.2, 0.25) is 0 Å². The fourth-order valence-electron chi connectivity index (χ4n) is 1.45. The molecular weight excluding hydrogens is 158 g/mol. The number of allylic oxidation sites excluding steroid dienone is 1. The number of hydrogen-bond acceptors (Lipinski definition) is 1. The normalized spacial score (nSPS) is 16.5. The van der Waals surface area contributed by atoms with E-state index in [0.717, 1.165) is 13.0 Å². The molecule has 0 saturated carbocycles. The molecule has 1 aliphatic rings. The fraction of sp³-hybridized carbons (Fsp3) is 0.250. The molecule has 1 nitrogen and oxygen atoms in total. The Balaban J connectivity index is 2.05. The Bertz CT molecular complexity index is 322. The second-order valence-electron chi connectivity index (χ2n) is 3.22. The van der Waals surface area contributed by atoms with E-state index in [-0.39, 0.29) is 0 Å². The molecule has 0 radical (unpaired) electrons. The number of nitrogens with zero attached hydrogens (tertiary/aromatic N) is 1. The summed E-state index contributed by atoms with van der Waals surface area (Å²) >= 11 is 0. The van der Waals surface area contributed by atoms with E-state index < -0.39 is 0 Å². The Labute approximate surface area is 78.8 Å². The minimum Gasteiger partial charge on any atom is -0.290 e. The van der Waals surface area contributed by atoms with Crippen LogP contribution in [0.4, 0.5) is 0 Å². The molecule has 1 heteroatoms. The molecule has 0 amide bonds. The molecule has 1 aliphatic heterocycles. The largest absolute Gasteiger partial charge is 0.290 e.